The summed E-state index contributed by atoms with van der Waals surface area (Å²) in [6, 6.07) is 14.6. The fraction of sp³-hybridized carbons (Fsp3) is 0.320. The third-order valence-corrected chi connectivity index (χ3v) is 7.64. The Balaban J connectivity index is 1.71. The van der Waals surface area contributed by atoms with Gasteiger partial charge >= 0.3 is 0 Å². The number of aldehydes is 1. The molecule has 1 unspecified atom stereocenters. The van der Waals surface area contributed by atoms with Crippen molar-refractivity contribution in [3.63, 3.8) is 0 Å². The molecule has 1 saturated heterocycles. The summed E-state index contributed by atoms with van der Waals surface area (Å²) in [5, 5.41) is 2.34. The average Bonchev–Trinajstić information content (AvgIpc) is 3.36. The van der Waals surface area contributed by atoms with E-state index in [1.54, 1.807) is 36.4 Å². The summed E-state index contributed by atoms with van der Waals surface area (Å²) in [5.41, 5.74) is 3.02. The molecule has 2 atom stereocenters. The molecule has 0 radical (unpaired) electrons. The predicted molar refractivity (Wildman–Crippen MR) is 125 cm³/mol. The SMILES string of the molecule is CC(C=O)n1cc(C[C@H]2CCCN2C)c2cc(/C=C/S(=O)(=O)c3ccccc3)ccc21. The van der Waals surface area contributed by atoms with Crippen LogP contribution in [0.5, 0.6) is 0 Å². The van der Waals surface area contributed by atoms with Gasteiger partial charge in [-0.25, -0.2) is 8.42 Å². The number of hydrogen-bond donors (Lipinski definition) is 0. The third kappa shape index (κ3) is 4.50. The van der Waals surface area contributed by atoms with Crippen LogP contribution < -0.4 is 0 Å². The molecule has 0 aliphatic carbocycles. The minimum atomic E-state index is -3.50. The van der Waals surface area contributed by atoms with E-state index < -0.39 is 9.84 Å². The van der Waals surface area contributed by atoms with Gasteiger partial charge in [-0.05, 0) is 81.2 Å². The lowest BCUT2D eigenvalue weighted by Gasteiger charge is -2.18. The number of aromatic nitrogens is 1. The van der Waals surface area contributed by atoms with Crippen LogP contribution in [0, 0.1) is 0 Å². The van der Waals surface area contributed by atoms with Crippen molar-refractivity contribution in [1.29, 1.82) is 0 Å². The van der Waals surface area contributed by atoms with Crippen LogP contribution in [0.1, 0.15) is 36.9 Å². The average molecular weight is 437 g/mol. The number of carbonyl (C=O) groups is 1. The first kappa shape index (κ1) is 21.5. The predicted octanol–water partition coefficient (Wildman–Crippen LogP) is 4.48. The lowest BCUT2D eigenvalue weighted by molar-refractivity contribution is -0.110. The molecule has 2 aromatic carbocycles. The Bertz CT molecular complexity index is 1210. The van der Waals surface area contributed by atoms with E-state index in [-0.39, 0.29) is 10.9 Å². The topological polar surface area (TPSA) is 59.4 Å². The Kier molecular flexibility index (Phi) is 6.12. The number of benzene rings is 2. The van der Waals surface area contributed by atoms with Gasteiger partial charge in [-0.3, -0.25) is 0 Å². The molecular formula is C25H28N2O3S. The van der Waals surface area contributed by atoms with E-state index >= 15 is 0 Å². The molecule has 1 aliphatic rings. The minimum Gasteiger partial charge on any atom is -0.337 e. The van der Waals surface area contributed by atoms with Crippen molar-refractivity contribution in [2.45, 2.75) is 43.2 Å². The quantitative estimate of drug-likeness (QED) is 0.512. The summed E-state index contributed by atoms with van der Waals surface area (Å²) >= 11 is 0. The number of carbonyl (C=O) groups excluding carboxylic acids is 1. The highest BCUT2D eigenvalue weighted by molar-refractivity contribution is 7.94. The molecule has 31 heavy (non-hydrogen) atoms. The van der Waals surface area contributed by atoms with Gasteiger partial charge in [-0.2, -0.15) is 0 Å². The van der Waals surface area contributed by atoms with Crippen molar-refractivity contribution in [1.82, 2.24) is 9.47 Å². The lowest BCUT2D eigenvalue weighted by atomic mass is 10.0. The maximum atomic E-state index is 12.6. The lowest BCUT2D eigenvalue weighted by Crippen LogP contribution is -2.26. The van der Waals surface area contributed by atoms with E-state index in [0.29, 0.717) is 6.04 Å². The zero-order valence-electron chi connectivity index (χ0n) is 17.9. The molecule has 5 nitrogen and oxygen atoms in total. The molecule has 0 spiro atoms. The Morgan fingerprint density at radius 2 is 1.94 bits per heavy atom. The largest absolute Gasteiger partial charge is 0.337 e. The van der Waals surface area contributed by atoms with Crippen LogP contribution in [0.25, 0.3) is 17.0 Å². The molecule has 0 bridgehead atoms. The Morgan fingerprint density at radius 3 is 2.61 bits per heavy atom. The van der Waals surface area contributed by atoms with Gasteiger partial charge in [-0.15, -0.1) is 0 Å². The highest BCUT2D eigenvalue weighted by Gasteiger charge is 2.23. The second kappa shape index (κ2) is 8.81. The Morgan fingerprint density at radius 1 is 1.16 bits per heavy atom. The smallest absolute Gasteiger partial charge is 0.199 e. The monoisotopic (exact) mass is 436 g/mol. The van der Waals surface area contributed by atoms with Gasteiger partial charge in [-0.1, -0.05) is 24.3 Å². The van der Waals surface area contributed by atoms with E-state index in [2.05, 4.69) is 18.1 Å². The first-order chi connectivity index (χ1) is 14.9. The zero-order chi connectivity index (χ0) is 22.0. The highest BCUT2D eigenvalue weighted by atomic mass is 32.2. The van der Waals surface area contributed by atoms with Crippen LogP contribution in [-0.2, 0) is 21.1 Å². The van der Waals surface area contributed by atoms with Crippen LogP contribution in [0.3, 0.4) is 0 Å². The number of sulfone groups is 1. The zero-order valence-corrected chi connectivity index (χ0v) is 18.8. The molecule has 1 aromatic heterocycles. The van der Waals surface area contributed by atoms with E-state index in [4.69, 9.17) is 0 Å². The molecule has 0 N–H and O–H groups in total. The van der Waals surface area contributed by atoms with Crippen LogP contribution in [0.2, 0.25) is 0 Å². The second-order valence-electron chi connectivity index (χ2n) is 8.36. The van der Waals surface area contributed by atoms with Crippen LogP contribution in [-0.4, -0.2) is 43.8 Å². The number of nitrogens with zero attached hydrogens (tertiary/aromatic N) is 2. The number of hydrogen-bond acceptors (Lipinski definition) is 4. The molecule has 3 aromatic rings. The second-order valence-corrected chi connectivity index (χ2v) is 10.2. The van der Waals surface area contributed by atoms with Gasteiger partial charge in [0.25, 0.3) is 0 Å². The summed E-state index contributed by atoms with van der Waals surface area (Å²) < 4.78 is 27.2. The standard InChI is InChI=1S/C25H28N2O3S/c1-19(18-28)27-17-21(16-22-7-6-13-26(22)2)24-15-20(10-11-25(24)27)12-14-31(29,30)23-8-4-3-5-9-23/h3-5,8-12,14-15,17-19,22H,6-7,13,16H2,1-2H3/b14-12+/t19?,22-/m1/s1. The van der Waals surface area contributed by atoms with E-state index in [1.165, 1.54) is 23.8 Å². The molecule has 2 heterocycles. The van der Waals surface area contributed by atoms with Gasteiger partial charge in [0.2, 0.25) is 0 Å². The number of fused-ring (bicyclic) bond motifs is 1. The normalized spacial score (nSPS) is 18.7. The first-order valence-electron chi connectivity index (χ1n) is 10.7. The van der Waals surface area contributed by atoms with Gasteiger partial charge in [0.1, 0.15) is 6.29 Å². The van der Waals surface area contributed by atoms with Crippen molar-refractivity contribution in [2.24, 2.45) is 0 Å². The summed E-state index contributed by atoms with van der Waals surface area (Å²) in [4.78, 5) is 14.1. The van der Waals surface area contributed by atoms with Gasteiger partial charge < -0.3 is 14.3 Å². The van der Waals surface area contributed by atoms with Gasteiger partial charge in [0.15, 0.2) is 9.84 Å². The summed E-state index contributed by atoms with van der Waals surface area (Å²) in [6.07, 6.45) is 7.97. The number of likely N-dealkylation sites (N-methyl/N-ethyl adjacent to an activating group) is 1. The molecule has 1 aliphatic heterocycles. The van der Waals surface area contributed by atoms with Crippen molar-refractivity contribution >= 4 is 33.1 Å². The molecular weight excluding hydrogens is 408 g/mol. The van der Waals surface area contributed by atoms with E-state index in [1.807, 2.05) is 29.7 Å². The maximum Gasteiger partial charge on any atom is 0.199 e. The van der Waals surface area contributed by atoms with Crippen molar-refractivity contribution < 1.29 is 13.2 Å². The summed E-state index contributed by atoms with van der Waals surface area (Å²) in [6.45, 7) is 3.00. The van der Waals surface area contributed by atoms with Gasteiger partial charge in [0.05, 0.1) is 10.9 Å². The number of rotatable bonds is 7. The molecule has 6 heteroatoms. The molecule has 0 amide bonds. The molecule has 162 valence electrons. The van der Waals surface area contributed by atoms with E-state index in [0.717, 1.165) is 35.7 Å². The van der Waals surface area contributed by atoms with Crippen molar-refractivity contribution in [2.75, 3.05) is 13.6 Å². The van der Waals surface area contributed by atoms with Crippen molar-refractivity contribution in [3.8, 4) is 0 Å². The van der Waals surface area contributed by atoms with Crippen LogP contribution >= 0.6 is 0 Å². The fourth-order valence-electron chi connectivity index (χ4n) is 4.36. The van der Waals surface area contributed by atoms with E-state index in [9.17, 15) is 13.2 Å². The summed E-state index contributed by atoms with van der Waals surface area (Å²) in [5.74, 6) is 0. The van der Waals surface area contributed by atoms with Crippen molar-refractivity contribution in [3.05, 3.63) is 71.3 Å². The minimum absolute atomic E-state index is 0.252. The van der Waals surface area contributed by atoms with Crippen LogP contribution in [0.4, 0.5) is 0 Å². The van der Waals surface area contributed by atoms with Gasteiger partial charge in [0, 0.05) is 28.5 Å². The van der Waals surface area contributed by atoms with Crippen LogP contribution in [0.15, 0.2) is 65.0 Å². The summed E-state index contributed by atoms with van der Waals surface area (Å²) in [7, 11) is -1.34. The molecule has 0 saturated carbocycles. The fourth-order valence-corrected chi connectivity index (χ4v) is 5.39. The molecule has 4 rings (SSSR count). The Hall–Kier alpha value is -2.70. The first-order valence-corrected chi connectivity index (χ1v) is 12.2. The number of likely N-dealkylation sites (tertiary alicyclic amines) is 1. The molecule has 1 fully saturated rings. The Labute approximate surface area is 183 Å². The highest BCUT2D eigenvalue weighted by Crippen LogP contribution is 2.30. The maximum absolute atomic E-state index is 12.6. The third-order valence-electron chi connectivity index (χ3n) is 6.21.